The van der Waals surface area contributed by atoms with Gasteiger partial charge in [0, 0.05) is 68.5 Å². The van der Waals surface area contributed by atoms with Crippen LogP contribution in [0.25, 0.3) is 11.3 Å². The normalized spacial score (nSPS) is 15.0. The molecule has 1 aliphatic rings. The Kier molecular flexibility index (Phi) is 19.1. The molecule has 29 heteroatoms. The zero-order chi connectivity index (χ0) is 57.4. The number of benzene rings is 2. The number of methoxy groups -OCH3 is 2. The fourth-order valence-electron chi connectivity index (χ4n) is 7.39. The van der Waals surface area contributed by atoms with Crippen molar-refractivity contribution in [2.45, 2.75) is 83.8 Å². The molecule has 0 spiro atoms. The second kappa shape index (κ2) is 24.5. The molecular formula is C48H53F10N11O8. The number of carbonyl (C=O) groups excluding carboxylic acids is 5. The SMILES string of the molecule is COC(=O)NC(C(=O)NC(Cc1ccc(C#Cc2cnc(N3CCN(C)C(=O)C3)nc2)cc1)C(O)CN(Cc1c(F)cc(-c2ccn(C(F)F)n2)cc1F)NC(=O)C(NC(=O)OC)C(C)(C)C(F)(F)F)C(C)(C)C(F)(F)F. The van der Waals surface area contributed by atoms with Gasteiger partial charge in [0.25, 0.3) is 5.91 Å². The minimum Gasteiger partial charge on any atom is -0.453 e. The molecule has 1 fully saturated rings. The van der Waals surface area contributed by atoms with E-state index in [0.29, 0.717) is 75.0 Å². The maximum atomic E-state index is 16.0. The molecule has 4 aromatic rings. The first-order valence-electron chi connectivity index (χ1n) is 23.0. The van der Waals surface area contributed by atoms with Gasteiger partial charge in [-0.25, -0.2) is 38.0 Å². The number of alkyl halides is 8. The van der Waals surface area contributed by atoms with Crippen LogP contribution in [0.1, 0.15) is 56.5 Å². The molecule has 0 saturated carbocycles. The predicted octanol–water partition coefficient (Wildman–Crippen LogP) is 5.24. The third-order valence-electron chi connectivity index (χ3n) is 12.5. The van der Waals surface area contributed by atoms with E-state index in [0.717, 1.165) is 26.5 Å². The first kappa shape index (κ1) is 60.1. The average molecular weight is 1100 g/mol. The highest BCUT2D eigenvalue weighted by Gasteiger charge is 2.57. The maximum absolute atomic E-state index is 16.0. The molecule has 0 aliphatic carbocycles. The van der Waals surface area contributed by atoms with Gasteiger partial charge in [-0.2, -0.15) is 40.2 Å². The maximum Gasteiger partial charge on any atom is 0.407 e. The van der Waals surface area contributed by atoms with E-state index in [-0.39, 0.29) is 34.0 Å². The van der Waals surface area contributed by atoms with Crippen molar-refractivity contribution in [3.63, 3.8) is 0 Å². The van der Waals surface area contributed by atoms with Crippen molar-refractivity contribution in [3.8, 4) is 23.1 Å². The Morgan fingerprint density at radius 1 is 0.792 bits per heavy atom. The summed E-state index contributed by atoms with van der Waals surface area (Å²) in [6, 6.07) is 1.27. The zero-order valence-corrected chi connectivity index (χ0v) is 42.1. The highest BCUT2D eigenvalue weighted by molar-refractivity contribution is 5.87. The minimum absolute atomic E-state index is 0.0838. The Labute approximate surface area is 433 Å². The van der Waals surface area contributed by atoms with Crippen LogP contribution in [-0.2, 0) is 36.8 Å². The summed E-state index contributed by atoms with van der Waals surface area (Å²) in [5, 5.41) is 21.9. The van der Waals surface area contributed by atoms with Gasteiger partial charge in [-0.05, 0) is 70.0 Å². The number of hydrogen-bond acceptors (Lipinski definition) is 13. The van der Waals surface area contributed by atoms with Gasteiger partial charge in [-0.15, -0.1) is 0 Å². The summed E-state index contributed by atoms with van der Waals surface area (Å²) in [5.74, 6) is -0.193. The lowest BCUT2D eigenvalue weighted by molar-refractivity contribution is -0.221. The van der Waals surface area contributed by atoms with Gasteiger partial charge in [0.15, 0.2) is 0 Å². The molecule has 3 heterocycles. The summed E-state index contributed by atoms with van der Waals surface area (Å²) >= 11 is 0. The van der Waals surface area contributed by atoms with Crippen LogP contribution in [0.2, 0.25) is 0 Å². The molecular weight excluding hydrogens is 1050 g/mol. The fraction of sp³-hybridized carbons (Fsp3) is 0.458. The summed E-state index contributed by atoms with van der Waals surface area (Å²) in [6.07, 6.45) is -12.4. The molecule has 0 radical (unpaired) electrons. The summed E-state index contributed by atoms with van der Waals surface area (Å²) in [6.45, 7) is -2.18. The molecule has 4 unspecified atom stereocenters. The number of hydrogen-bond donors (Lipinski definition) is 5. The highest BCUT2D eigenvalue weighted by atomic mass is 19.4. The lowest BCUT2D eigenvalue weighted by atomic mass is 9.82. The van der Waals surface area contributed by atoms with Gasteiger partial charge >= 0.3 is 31.1 Å². The number of ether oxygens (including phenoxy) is 2. The monoisotopic (exact) mass is 1100 g/mol. The van der Waals surface area contributed by atoms with E-state index in [9.17, 15) is 64.2 Å². The number of nitrogens with zero attached hydrogens (tertiary/aromatic N) is 7. The average Bonchev–Trinajstić information content (AvgIpc) is 3.87. The number of halogens is 10. The number of likely N-dealkylation sites (N-methyl/N-ethyl adjacent to an activating group) is 1. The molecule has 5 amide bonds. The van der Waals surface area contributed by atoms with Crippen molar-refractivity contribution in [3.05, 3.63) is 94.9 Å². The van der Waals surface area contributed by atoms with Crippen molar-refractivity contribution in [1.29, 1.82) is 0 Å². The van der Waals surface area contributed by atoms with Crippen molar-refractivity contribution in [2.24, 2.45) is 10.8 Å². The minimum atomic E-state index is -5.24. The number of nitrogens with one attached hydrogen (secondary N) is 4. The zero-order valence-electron chi connectivity index (χ0n) is 42.1. The molecule has 19 nitrogen and oxygen atoms in total. The number of aromatic nitrogens is 4. The molecule has 77 heavy (non-hydrogen) atoms. The Balaban J connectivity index is 1.53. The van der Waals surface area contributed by atoms with Gasteiger partial charge in [0.1, 0.15) is 23.7 Å². The number of amides is 5. The number of anilines is 1. The van der Waals surface area contributed by atoms with Gasteiger partial charge in [-0.1, -0.05) is 24.0 Å². The number of aliphatic hydroxyl groups excluding tert-OH is 1. The van der Waals surface area contributed by atoms with Gasteiger partial charge in [0.2, 0.25) is 17.8 Å². The first-order chi connectivity index (χ1) is 35.9. The molecule has 2 aromatic carbocycles. The number of piperazine rings is 1. The van der Waals surface area contributed by atoms with Crippen molar-refractivity contribution in [1.82, 2.24) is 51.0 Å². The van der Waals surface area contributed by atoms with Crippen LogP contribution in [0.15, 0.2) is 61.1 Å². The summed E-state index contributed by atoms with van der Waals surface area (Å²) < 4.78 is 155. The van der Waals surface area contributed by atoms with Crippen molar-refractivity contribution < 1.29 is 82.5 Å². The van der Waals surface area contributed by atoms with Crippen molar-refractivity contribution in [2.75, 3.05) is 52.3 Å². The van der Waals surface area contributed by atoms with Gasteiger partial charge < -0.3 is 40.3 Å². The summed E-state index contributed by atoms with van der Waals surface area (Å²) in [4.78, 5) is 76.7. The third-order valence-corrected chi connectivity index (χ3v) is 12.5. The Morgan fingerprint density at radius 3 is 1.82 bits per heavy atom. The fourth-order valence-corrected chi connectivity index (χ4v) is 7.39. The quantitative estimate of drug-likeness (QED) is 0.0489. The second-order valence-corrected chi connectivity index (χ2v) is 18.7. The van der Waals surface area contributed by atoms with E-state index < -0.39 is 115 Å². The molecule has 5 N–H and O–H groups in total. The lowest BCUT2D eigenvalue weighted by Crippen LogP contribution is -2.63. The number of rotatable bonds is 18. The van der Waals surface area contributed by atoms with E-state index in [1.54, 1.807) is 22.2 Å². The second-order valence-electron chi connectivity index (χ2n) is 18.7. The first-order valence-corrected chi connectivity index (χ1v) is 23.0. The van der Waals surface area contributed by atoms with E-state index in [4.69, 9.17) is 0 Å². The Hall–Kier alpha value is -7.74. The molecule has 5 rings (SSSR count). The molecule has 4 atom stereocenters. The Morgan fingerprint density at radius 2 is 1.32 bits per heavy atom. The largest absolute Gasteiger partial charge is 0.453 e. The predicted molar refractivity (Wildman–Crippen MR) is 252 cm³/mol. The number of alkyl carbamates (subject to hydrolysis) is 2. The van der Waals surface area contributed by atoms with Gasteiger partial charge in [0.05, 0.1) is 55.0 Å². The van der Waals surface area contributed by atoms with Crippen LogP contribution in [0.5, 0.6) is 0 Å². The van der Waals surface area contributed by atoms with Crippen molar-refractivity contribution >= 4 is 35.9 Å². The van der Waals surface area contributed by atoms with Crippen LogP contribution < -0.4 is 26.3 Å². The topological polar surface area (TPSA) is 225 Å². The smallest absolute Gasteiger partial charge is 0.407 e. The standard InChI is InChI=1S/C48H53F10N11O8/c1-45(2,47(53,54)55)37(62-43(74)76-6)39(72)61-34(18-27-11-8-26(9-12-27)10-13-28-21-59-42(60-22-28)67-17-16-66(5)36(71)25-67)35(70)24-68(65-40(73)38(63-44(75)77-7)46(3,4)48(56,57)58)23-30-31(49)19-29(20-32(30)50)33-14-15-69(64-33)41(51)52/h8-9,11-12,14-15,19-22,34-35,37-38,41,70H,16-18,23-25H2,1-7H3,(H,61,72)(H,62,74)(H,63,75)(H,65,73). The van der Waals surface area contributed by atoms with E-state index >= 15 is 8.78 Å². The van der Waals surface area contributed by atoms with Crippen LogP contribution in [-0.4, -0.2) is 149 Å². The van der Waals surface area contributed by atoms with Crippen LogP contribution >= 0.6 is 0 Å². The van der Waals surface area contributed by atoms with E-state index in [1.165, 1.54) is 36.7 Å². The number of hydrazine groups is 1. The lowest BCUT2D eigenvalue weighted by Gasteiger charge is -2.38. The van der Waals surface area contributed by atoms with E-state index in [1.807, 2.05) is 10.7 Å². The van der Waals surface area contributed by atoms with Gasteiger partial charge in [-0.3, -0.25) is 19.8 Å². The van der Waals surface area contributed by atoms with Crippen LogP contribution in [0.4, 0.5) is 59.4 Å². The molecule has 1 saturated heterocycles. The highest BCUT2D eigenvalue weighted by Crippen LogP contribution is 2.42. The third kappa shape index (κ3) is 15.0. The molecule has 1 aliphatic heterocycles. The van der Waals surface area contributed by atoms with Crippen LogP contribution in [0.3, 0.4) is 0 Å². The summed E-state index contributed by atoms with van der Waals surface area (Å²) in [7, 11) is 3.25. The summed E-state index contributed by atoms with van der Waals surface area (Å²) in [5.41, 5.74) is -4.83. The van der Waals surface area contributed by atoms with E-state index in [2.05, 4.69) is 41.7 Å². The Bertz CT molecular complexity index is 2800. The van der Waals surface area contributed by atoms with Crippen LogP contribution in [0, 0.1) is 34.3 Å². The molecule has 418 valence electrons. The molecule has 0 bridgehead atoms. The number of carbonyl (C=O) groups is 5. The number of aliphatic hydroxyl groups is 1. The molecule has 2 aromatic heterocycles.